The van der Waals surface area contributed by atoms with Crippen LogP contribution in [0, 0.1) is 0 Å². The first-order valence-electron chi connectivity index (χ1n) is 4.80. The highest BCUT2D eigenvalue weighted by atomic mass is 16.2. The third-order valence-corrected chi connectivity index (χ3v) is 2.23. The summed E-state index contributed by atoms with van der Waals surface area (Å²) in [5, 5.41) is 0. The number of nitrogen functional groups attached to an aromatic ring is 1. The Labute approximate surface area is 91.2 Å². The van der Waals surface area contributed by atoms with E-state index in [-0.39, 0.29) is 5.69 Å². The predicted molar refractivity (Wildman–Crippen MR) is 61.3 cm³/mol. The minimum Gasteiger partial charge on any atom is -0.393 e. The van der Waals surface area contributed by atoms with Gasteiger partial charge in [0.05, 0.1) is 6.54 Å². The van der Waals surface area contributed by atoms with Crippen LogP contribution in [0.25, 0.3) is 0 Å². The molecule has 1 aromatic heterocycles. The molecule has 0 spiro atoms. The van der Waals surface area contributed by atoms with Crippen molar-refractivity contribution in [3.05, 3.63) is 62.9 Å². The fourth-order valence-corrected chi connectivity index (χ4v) is 1.42. The van der Waals surface area contributed by atoms with Crippen LogP contribution in [0.4, 0.5) is 5.69 Å². The van der Waals surface area contributed by atoms with Gasteiger partial charge in [-0.25, -0.2) is 4.79 Å². The molecule has 2 rings (SSSR count). The van der Waals surface area contributed by atoms with E-state index in [0.29, 0.717) is 6.54 Å². The van der Waals surface area contributed by atoms with E-state index in [2.05, 4.69) is 4.98 Å². The van der Waals surface area contributed by atoms with Gasteiger partial charge < -0.3 is 5.73 Å². The molecular formula is C11H11N3O2. The summed E-state index contributed by atoms with van der Waals surface area (Å²) in [7, 11) is 0. The van der Waals surface area contributed by atoms with Gasteiger partial charge in [-0.1, -0.05) is 30.3 Å². The third kappa shape index (κ3) is 2.03. The average Bonchev–Trinajstić information content (AvgIpc) is 2.27. The molecule has 3 N–H and O–H groups in total. The van der Waals surface area contributed by atoms with E-state index in [1.807, 2.05) is 30.3 Å². The van der Waals surface area contributed by atoms with Crippen molar-refractivity contribution in [2.75, 3.05) is 5.73 Å². The second kappa shape index (κ2) is 4.06. The highest BCUT2D eigenvalue weighted by Gasteiger charge is 2.01. The molecule has 0 radical (unpaired) electrons. The number of rotatable bonds is 2. The molecule has 0 aliphatic carbocycles. The van der Waals surface area contributed by atoms with E-state index in [9.17, 15) is 9.59 Å². The number of nitrogens with zero attached hydrogens (tertiary/aromatic N) is 1. The Morgan fingerprint density at radius 2 is 1.88 bits per heavy atom. The second-order valence-electron chi connectivity index (χ2n) is 3.46. The van der Waals surface area contributed by atoms with Crippen LogP contribution in [-0.4, -0.2) is 9.55 Å². The first kappa shape index (κ1) is 10.2. The lowest BCUT2D eigenvalue weighted by Gasteiger charge is -2.05. The average molecular weight is 217 g/mol. The summed E-state index contributed by atoms with van der Waals surface area (Å²) in [4.78, 5) is 24.7. The van der Waals surface area contributed by atoms with Gasteiger partial charge >= 0.3 is 5.69 Å². The van der Waals surface area contributed by atoms with Crippen molar-refractivity contribution in [1.29, 1.82) is 0 Å². The van der Waals surface area contributed by atoms with Crippen LogP contribution in [-0.2, 0) is 6.54 Å². The minimum atomic E-state index is -0.547. The number of hydrogen-bond donors (Lipinski definition) is 2. The summed E-state index contributed by atoms with van der Waals surface area (Å²) >= 11 is 0. The Hall–Kier alpha value is -2.30. The Kier molecular flexibility index (Phi) is 2.59. The molecular weight excluding hydrogens is 206 g/mol. The molecule has 5 nitrogen and oxygen atoms in total. The molecule has 0 saturated carbocycles. The van der Waals surface area contributed by atoms with Gasteiger partial charge in [-0.3, -0.25) is 14.3 Å². The predicted octanol–water partition coefficient (Wildman–Crippen LogP) is 0.167. The molecule has 82 valence electrons. The Balaban J connectivity index is 2.40. The van der Waals surface area contributed by atoms with Gasteiger partial charge in [-0.05, 0) is 5.56 Å². The molecule has 16 heavy (non-hydrogen) atoms. The largest absolute Gasteiger partial charge is 0.393 e. The van der Waals surface area contributed by atoms with E-state index in [1.165, 1.54) is 10.8 Å². The van der Waals surface area contributed by atoms with Crippen LogP contribution in [0.15, 0.2) is 46.1 Å². The van der Waals surface area contributed by atoms with Gasteiger partial charge in [0.15, 0.2) is 0 Å². The standard InChI is InChI=1S/C11H11N3O2/c12-9-7-14(11(16)13-10(9)15)6-8-4-2-1-3-5-8/h1-5,7H,6,12H2,(H,13,15,16). The van der Waals surface area contributed by atoms with Crippen molar-refractivity contribution >= 4 is 5.69 Å². The van der Waals surface area contributed by atoms with Gasteiger partial charge in [0.25, 0.3) is 5.56 Å². The number of H-pyrrole nitrogens is 1. The summed E-state index contributed by atoms with van der Waals surface area (Å²) < 4.78 is 1.37. The molecule has 0 amide bonds. The molecule has 2 aromatic rings. The fourth-order valence-electron chi connectivity index (χ4n) is 1.42. The normalized spacial score (nSPS) is 10.2. The minimum absolute atomic E-state index is 0.0375. The molecule has 0 saturated heterocycles. The number of aromatic amines is 1. The lowest BCUT2D eigenvalue weighted by Crippen LogP contribution is -2.31. The quantitative estimate of drug-likeness (QED) is 0.752. The number of benzene rings is 1. The summed E-state index contributed by atoms with van der Waals surface area (Å²) in [6.45, 7) is 0.390. The Bertz CT molecular complexity index is 599. The lowest BCUT2D eigenvalue weighted by molar-refractivity contribution is 0.723. The Morgan fingerprint density at radius 3 is 2.56 bits per heavy atom. The zero-order valence-electron chi connectivity index (χ0n) is 8.51. The van der Waals surface area contributed by atoms with Crippen molar-refractivity contribution in [3.63, 3.8) is 0 Å². The van der Waals surface area contributed by atoms with Crippen LogP contribution >= 0.6 is 0 Å². The van der Waals surface area contributed by atoms with Crippen molar-refractivity contribution in [1.82, 2.24) is 9.55 Å². The van der Waals surface area contributed by atoms with E-state index < -0.39 is 11.2 Å². The summed E-state index contributed by atoms with van der Waals surface area (Å²) in [6, 6.07) is 9.46. The van der Waals surface area contributed by atoms with Gasteiger partial charge in [-0.2, -0.15) is 0 Å². The first-order chi connectivity index (χ1) is 7.66. The van der Waals surface area contributed by atoms with Gasteiger partial charge in [0.1, 0.15) is 5.69 Å². The van der Waals surface area contributed by atoms with Crippen molar-refractivity contribution in [3.8, 4) is 0 Å². The zero-order valence-corrected chi connectivity index (χ0v) is 8.51. The van der Waals surface area contributed by atoms with Crippen molar-refractivity contribution < 1.29 is 0 Å². The summed E-state index contributed by atoms with van der Waals surface area (Å²) in [5.41, 5.74) is 5.44. The fraction of sp³-hybridized carbons (Fsp3) is 0.0909. The number of nitrogens with two attached hydrogens (primary N) is 1. The molecule has 1 aromatic carbocycles. The summed E-state index contributed by atoms with van der Waals surface area (Å²) in [6.07, 6.45) is 1.36. The molecule has 0 aliphatic heterocycles. The highest BCUT2D eigenvalue weighted by molar-refractivity contribution is 5.30. The highest BCUT2D eigenvalue weighted by Crippen LogP contribution is 2.00. The van der Waals surface area contributed by atoms with E-state index in [0.717, 1.165) is 5.56 Å². The number of nitrogens with one attached hydrogen (secondary N) is 1. The van der Waals surface area contributed by atoms with Crippen molar-refractivity contribution in [2.24, 2.45) is 0 Å². The number of anilines is 1. The second-order valence-corrected chi connectivity index (χ2v) is 3.46. The van der Waals surface area contributed by atoms with Crippen LogP contribution in [0.1, 0.15) is 5.56 Å². The molecule has 0 fully saturated rings. The van der Waals surface area contributed by atoms with Gasteiger partial charge in [-0.15, -0.1) is 0 Å². The molecule has 0 bridgehead atoms. The zero-order chi connectivity index (χ0) is 11.5. The molecule has 5 heteroatoms. The maximum atomic E-state index is 11.4. The number of aromatic nitrogens is 2. The smallest absolute Gasteiger partial charge is 0.328 e. The summed E-state index contributed by atoms with van der Waals surface area (Å²) in [5.74, 6) is 0. The van der Waals surface area contributed by atoms with E-state index in [1.54, 1.807) is 0 Å². The van der Waals surface area contributed by atoms with Crippen LogP contribution in [0.2, 0.25) is 0 Å². The molecule has 0 atom stereocenters. The topological polar surface area (TPSA) is 80.9 Å². The molecule has 1 heterocycles. The van der Waals surface area contributed by atoms with E-state index >= 15 is 0 Å². The maximum Gasteiger partial charge on any atom is 0.328 e. The maximum absolute atomic E-state index is 11.4. The van der Waals surface area contributed by atoms with Gasteiger partial charge in [0, 0.05) is 6.20 Å². The Morgan fingerprint density at radius 1 is 1.19 bits per heavy atom. The first-order valence-corrected chi connectivity index (χ1v) is 4.80. The SMILES string of the molecule is Nc1cn(Cc2ccccc2)c(=O)[nH]c1=O. The monoisotopic (exact) mass is 217 g/mol. The van der Waals surface area contributed by atoms with Crippen LogP contribution in [0.3, 0.4) is 0 Å². The third-order valence-electron chi connectivity index (χ3n) is 2.23. The molecule has 0 aliphatic rings. The molecule has 0 unspecified atom stereocenters. The number of hydrogen-bond acceptors (Lipinski definition) is 3. The van der Waals surface area contributed by atoms with Gasteiger partial charge in [0.2, 0.25) is 0 Å². The van der Waals surface area contributed by atoms with Crippen LogP contribution in [0.5, 0.6) is 0 Å². The van der Waals surface area contributed by atoms with E-state index in [4.69, 9.17) is 5.73 Å². The lowest BCUT2D eigenvalue weighted by atomic mass is 10.2. The van der Waals surface area contributed by atoms with Crippen LogP contribution < -0.4 is 17.0 Å². The van der Waals surface area contributed by atoms with Crippen molar-refractivity contribution in [2.45, 2.75) is 6.54 Å².